The molecule has 1 fully saturated rings. The average molecular weight is 316 g/mol. The normalized spacial score (nSPS) is 15.5. The Kier molecular flexibility index (Phi) is 6.63. The van der Waals surface area contributed by atoms with Crippen LogP contribution in [0.3, 0.4) is 0 Å². The van der Waals surface area contributed by atoms with E-state index in [0.29, 0.717) is 13.1 Å². The van der Waals surface area contributed by atoms with Crippen molar-refractivity contribution in [3.63, 3.8) is 0 Å². The summed E-state index contributed by atoms with van der Waals surface area (Å²) in [6.45, 7) is 6.22. The molecule has 0 radical (unpaired) electrons. The summed E-state index contributed by atoms with van der Waals surface area (Å²) >= 11 is 0. The van der Waals surface area contributed by atoms with Crippen molar-refractivity contribution in [1.29, 1.82) is 0 Å². The van der Waals surface area contributed by atoms with E-state index in [4.69, 9.17) is 0 Å². The Morgan fingerprint density at radius 1 is 1.17 bits per heavy atom. The van der Waals surface area contributed by atoms with E-state index >= 15 is 0 Å². The molecule has 0 aliphatic carbocycles. The SMILES string of the molecule is CCCCCNC(=O)C1CCN(C(=O)c2ccccc2C)CC1. The third-order valence-corrected chi connectivity index (χ3v) is 4.61. The van der Waals surface area contributed by atoms with Crippen LogP contribution in [0.4, 0.5) is 0 Å². The van der Waals surface area contributed by atoms with Crippen molar-refractivity contribution < 1.29 is 9.59 Å². The van der Waals surface area contributed by atoms with Crippen molar-refractivity contribution in [1.82, 2.24) is 10.2 Å². The Morgan fingerprint density at radius 2 is 1.87 bits per heavy atom. The van der Waals surface area contributed by atoms with Crippen LogP contribution in [0.25, 0.3) is 0 Å². The fraction of sp³-hybridized carbons (Fsp3) is 0.579. The maximum Gasteiger partial charge on any atom is 0.254 e. The number of piperidine rings is 1. The van der Waals surface area contributed by atoms with Gasteiger partial charge in [-0.3, -0.25) is 9.59 Å². The summed E-state index contributed by atoms with van der Waals surface area (Å²) in [6.07, 6.45) is 4.89. The molecule has 0 atom stereocenters. The van der Waals surface area contributed by atoms with Crippen LogP contribution in [-0.4, -0.2) is 36.3 Å². The number of benzene rings is 1. The highest BCUT2D eigenvalue weighted by atomic mass is 16.2. The number of nitrogens with zero attached hydrogens (tertiary/aromatic N) is 1. The Bertz CT molecular complexity index is 534. The van der Waals surface area contributed by atoms with Crippen LogP contribution in [0.1, 0.15) is 54.9 Å². The zero-order valence-electron chi connectivity index (χ0n) is 14.3. The van der Waals surface area contributed by atoms with Gasteiger partial charge in [0.05, 0.1) is 0 Å². The van der Waals surface area contributed by atoms with Gasteiger partial charge in [0.1, 0.15) is 0 Å². The number of hydrogen-bond donors (Lipinski definition) is 1. The quantitative estimate of drug-likeness (QED) is 0.820. The first-order valence-electron chi connectivity index (χ1n) is 8.76. The molecule has 1 aliphatic rings. The molecule has 0 aromatic heterocycles. The molecule has 4 heteroatoms. The van der Waals surface area contributed by atoms with Crippen molar-refractivity contribution >= 4 is 11.8 Å². The molecule has 1 aromatic rings. The molecule has 0 saturated carbocycles. The Balaban J connectivity index is 1.80. The van der Waals surface area contributed by atoms with Gasteiger partial charge in [0, 0.05) is 31.1 Å². The lowest BCUT2D eigenvalue weighted by Gasteiger charge is -2.31. The minimum absolute atomic E-state index is 0.0533. The van der Waals surface area contributed by atoms with Gasteiger partial charge in [0.15, 0.2) is 0 Å². The predicted molar refractivity (Wildman–Crippen MR) is 92.3 cm³/mol. The first kappa shape index (κ1) is 17.5. The summed E-state index contributed by atoms with van der Waals surface area (Å²) in [5.41, 5.74) is 1.78. The number of rotatable bonds is 6. The maximum absolute atomic E-state index is 12.6. The average Bonchev–Trinajstić information content (AvgIpc) is 2.58. The molecule has 1 saturated heterocycles. The van der Waals surface area contributed by atoms with Gasteiger partial charge in [-0.1, -0.05) is 38.0 Å². The fourth-order valence-electron chi connectivity index (χ4n) is 3.06. The van der Waals surface area contributed by atoms with E-state index < -0.39 is 0 Å². The maximum atomic E-state index is 12.6. The van der Waals surface area contributed by atoms with Crippen LogP contribution in [0.5, 0.6) is 0 Å². The molecule has 1 aliphatic heterocycles. The van der Waals surface area contributed by atoms with E-state index in [1.807, 2.05) is 36.1 Å². The molecule has 4 nitrogen and oxygen atoms in total. The van der Waals surface area contributed by atoms with Crippen molar-refractivity contribution in [2.24, 2.45) is 5.92 Å². The van der Waals surface area contributed by atoms with E-state index in [9.17, 15) is 9.59 Å². The summed E-state index contributed by atoms with van der Waals surface area (Å²) < 4.78 is 0. The van der Waals surface area contributed by atoms with Gasteiger partial charge in [-0.15, -0.1) is 0 Å². The largest absolute Gasteiger partial charge is 0.356 e. The number of unbranched alkanes of at least 4 members (excludes halogenated alkanes) is 2. The van der Waals surface area contributed by atoms with Gasteiger partial charge >= 0.3 is 0 Å². The molecule has 1 aromatic carbocycles. The minimum Gasteiger partial charge on any atom is -0.356 e. The first-order valence-corrected chi connectivity index (χ1v) is 8.76. The van der Waals surface area contributed by atoms with E-state index in [1.54, 1.807) is 0 Å². The van der Waals surface area contributed by atoms with Gasteiger partial charge in [-0.25, -0.2) is 0 Å². The number of amides is 2. The summed E-state index contributed by atoms with van der Waals surface area (Å²) in [5, 5.41) is 3.03. The van der Waals surface area contributed by atoms with Crippen molar-refractivity contribution in [2.45, 2.75) is 46.0 Å². The van der Waals surface area contributed by atoms with Gasteiger partial charge < -0.3 is 10.2 Å². The Hall–Kier alpha value is -1.84. The second kappa shape index (κ2) is 8.70. The number of likely N-dealkylation sites (tertiary alicyclic amines) is 1. The van der Waals surface area contributed by atoms with Crippen LogP contribution in [0, 0.1) is 12.8 Å². The number of aryl methyl sites for hydroxylation is 1. The minimum atomic E-state index is 0.0533. The molecular formula is C19H28N2O2. The molecule has 0 bridgehead atoms. The zero-order chi connectivity index (χ0) is 16.7. The smallest absolute Gasteiger partial charge is 0.254 e. The standard InChI is InChI=1S/C19H28N2O2/c1-3-4-7-12-20-18(22)16-10-13-21(14-11-16)19(23)17-9-6-5-8-15(17)2/h5-6,8-9,16H,3-4,7,10-14H2,1-2H3,(H,20,22). The second-order valence-electron chi connectivity index (χ2n) is 6.38. The van der Waals surface area contributed by atoms with Crippen LogP contribution in [0.15, 0.2) is 24.3 Å². The molecule has 0 spiro atoms. The highest BCUT2D eigenvalue weighted by Crippen LogP contribution is 2.20. The summed E-state index contributed by atoms with van der Waals surface area (Å²) in [4.78, 5) is 26.6. The third-order valence-electron chi connectivity index (χ3n) is 4.61. The third kappa shape index (κ3) is 4.81. The zero-order valence-corrected chi connectivity index (χ0v) is 14.3. The van der Waals surface area contributed by atoms with Crippen LogP contribution in [0.2, 0.25) is 0 Å². The van der Waals surface area contributed by atoms with Gasteiger partial charge in [0.2, 0.25) is 5.91 Å². The van der Waals surface area contributed by atoms with Gasteiger partial charge in [0.25, 0.3) is 5.91 Å². The lowest BCUT2D eigenvalue weighted by atomic mass is 9.95. The Labute approximate surface area is 139 Å². The second-order valence-corrected chi connectivity index (χ2v) is 6.38. The molecule has 2 rings (SSSR count). The summed E-state index contributed by atoms with van der Waals surface area (Å²) in [5.74, 6) is 0.298. The van der Waals surface area contributed by atoms with Crippen LogP contribution < -0.4 is 5.32 Å². The van der Waals surface area contributed by atoms with Crippen molar-refractivity contribution in [2.75, 3.05) is 19.6 Å². The number of hydrogen-bond acceptors (Lipinski definition) is 2. The number of carbonyl (C=O) groups excluding carboxylic acids is 2. The summed E-state index contributed by atoms with van der Waals surface area (Å²) in [6, 6.07) is 7.69. The molecule has 2 amide bonds. The van der Waals surface area contributed by atoms with Crippen molar-refractivity contribution in [3.05, 3.63) is 35.4 Å². The topological polar surface area (TPSA) is 49.4 Å². The Morgan fingerprint density at radius 3 is 2.52 bits per heavy atom. The van der Waals surface area contributed by atoms with Crippen LogP contribution in [-0.2, 0) is 4.79 Å². The molecular weight excluding hydrogens is 288 g/mol. The predicted octanol–water partition coefficient (Wildman–Crippen LogP) is 3.15. The van der Waals surface area contributed by atoms with E-state index in [2.05, 4.69) is 12.2 Å². The highest BCUT2D eigenvalue weighted by molar-refractivity contribution is 5.95. The van der Waals surface area contributed by atoms with E-state index in [1.165, 1.54) is 0 Å². The van der Waals surface area contributed by atoms with Gasteiger partial charge in [-0.05, 0) is 37.8 Å². The van der Waals surface area contributed by atoms with Crippen molar-refractivity contribution in [3.8, 4) is 0 Å². The molecule has 1 heterocycles. The fourth-order valence-corrected chi connectivity index (χ4v) is 3.06. The molecule has 126 valence electrons. The summed E-state index contributed by atoms with van der Waals surface area (Å²) in [7, 11) is 0. The lowest BCUT2D eigenvalue weighted by molar-refractivity contribution is -0.126. The van der Waals surface area contributed by atoms with Crippen LogP contribution >= 0.6 is 0 Å². The highest BCUT2D eigenvalue weighted by Gasteiger charge is 2.27. The number of nitrogens with one attached hydrogen (secondary N) is 1. The monoisotopic (exact) mass is 316 g/mol. The lowest BCUT2D eigenvalue weighted by Crippen LogP contribution is -2.43. The molecule has 1 N–H and O–H groups in total. The van der Waals surface area contributed by atoms with E-state index in [0.717, 1.165) is 49.8 Å². The number of carbonyl (C=O) groups is 2. The van der Waals surface area contributed by atoms with Gasteiger partial charge in [-0.2, -0.15) is 0 Å². The first-order chi connectivity index (χ1) is 11.1. The van der Waals surface area contributed by atoms with E-state index in [-0.39, 0.29) is 17.7 Å². The molecule has 0 unspecified atom stereocenters. The molecule has 23 heavy (non-hydrogen) atoms.